The highest BCUT2D eigenvalue weighted by atomic mass is 32.2. The standard InChI is InChI=1S/C25H23N5O2S2/c1-18-8-10-20(11-9-18)34(31,32)17-5-13-26-24-27-14-12-21(28-24)23-22(19-6-3-2-4-7-19)29-25-30(23)15-16-33-25/h2-4,6-12,14-16H,5,13,17H2,1H3,(H,26,27,28). The molecular weight excluding hydrogens is 466 g/mol. The Labute approximate surface area is 202 Å². The Balaban J connectivity index is 1.33. The number of nitrogens with one attached hydrogen (secondary N) is 1. The maximum atomic E-state index is 12.6. The topological polar surface area (TPSA) is 89.2 Å². The molecule has 3 heterocycles. The normalized spacial score (nSPS) is 11.7. The Morgan fingerprint density at radius 3 is 2.59 bits per heavy atom. The smallest absolute Gasteiger partial charge is 0.223 e. The molecule has 0 aliphatic heterocycles. The molecule has 0 atom stereocenters. The van der Waals surface area contributed by atoms with Gasteiger partial charge in [-0.15, -0.1) is 11.3 Å². The molecule has 0 bridgehead atoms. The Kier molecular flexibility index (Phi) is 6.12. The predicted molar refractivity (Wildman–Crippen MR) is 136 cm³/mol. The van der Waals surface area contributed by atoms with Gasteiger partial charge in [-0.2, -0.15) is 0 Å². The number of thiazole rings is 1. The van der Waals surface area contributed by atoms with Crippen LogP contribution in [-0.4, -0.2) is 40.1 Å². The Bertz CT molecular complexity index is 1520. The molecule has 0 aliphatic rings. The minimum atomic E-state index is -3.32. The zero-order valence-electron chi connectivity index (χ0n) is 18.5. The van der Waals surface area contributed by atoms with E-state index in [0.717, 1.165) is 33.2 Å². The molecule has 0 fully saturated rings. The molecule has 7 nitrogen and oxygen atoms in total. The molecule has 0 radical (unpaired) electrons. The number of fused-ring (bicyclic) bond motifs is 1. The van der Waals surface area contributed by atoms with Crippen LogP contribution in [0.2, 0.25) is 0 Å². The zero-order valence-corrected chi connectivity index (χ0v) is 20.2. The lowest BCUT2D eigenvalue weighted by atomic mass is 10.1. The Morgan fingerprint density at radius 2 is 1.79 bits per heavy atom. The van der Waals surface area contributed by atoms with Crippen LogP contribution in [0.3, 0.4) is 0 Å². The summed E-state index contributed by atoms with van der Waals surface area (Å²) < 4.78 is 27.2. The number of anilines is 1. The van der Waals surface area contributed by atoms with Gasteiger partial charge in [-0.1, -0.05) is 48.0 Å². The van der Waals surface area contributed by atoms with Gasteiger partial charge in [-0.25, -0.2) is 23.4 Å². The largest absolute Gasteiger partial charge is 0.354 e. The van der Waals surface area contributed by atoms with Crippen molar-refractivity contribution < 1.29 is 8.42 Å². The second-order valence-corrected chi connectivity index (χ2v) is 10.9. The van der Waals surface area contributed by atoms with Crippen molar-refractivity contribution in [3.63, 3.8) is 0 Å². The van der Waals surface area contributed by atoms with E-state index in [2.05, 4.69) is 10.3 Å². The van der Waals surface area contributed by atoms with Crippen molar-refractivity contribution in [2.75, 3.05) is 17.6 Å². The third kappa shape index (κ3) is 4.57. The summed E-state index contributed by atoms with van der Waals surface area (Å²) in [5.74, 6) is 0.508. The van der Waals surface area contributed by atoms with Crippen LogP contribution in [0.5, 0.6) is 0 Å². The van der Waals surface area contributed by atoms with E-state index < -0.39 is 9.84 Å². The first-order valence-electron chi connectivity index (χ1n) is 10.9. The number of hydrogen-bond acceptors (Lipinski definition) is 7. The van der Waals surface area contributed by atoms with Crippen LogP contribution < -0.4 is 5.32 Å². The Hall–Kier alpha value is -3.56. The van der Waals surface area contributed by atoms with E-state index >= 15 is 0 Å². The van der Waals surface area contributed by atoms with E-state index in [-0.39, 0.29) is 5.75 Å². The lowest BCUT2D eigenvalue weighted by molar-refractivity contribution is 0.594. The third-order valence-electron chi connectivity index (χ3n) is 5.46. The van der Waals surface area contributed by atoms with Crippen molar-refractivity contribution in [3.05, 3.63) is 84.0 Å². The average molecular weight is 490 g/mol. The molecule has 5 rings (SSSR count). The molecule has 5 aromatic rings. The molecule has 172 valence electrons. The van der Waals surface area contributed by atoms with Gasteiger partial charge in [0.15, 0.2) is 14.8 Å². The van der Waals surface area contributed by atoms with Gasteiger partial charge in [-0.3, -0.25) is 4.40 Å². The molecule has 0 unspecified atom stereocenters. The highest BCUT2D eigenvalue weighted by Crippen LogP contribution is 2.33. The van der Waals surface area contributed by atoms with Gasteiger partial charge < -0.3 is 5.32 Å². The monoisotopic (exact) mass is 489 g/mol. The first-order valence-corrected chi connectivity index (χ1v) is 13.4. The van der Waals surface area contributed by atoms with Crippen LogP contribution >= 0.6 is 11.3 Å². The fourth-order valence-electron chi connectivity index (χ4n) is 3.73. The van der Waals surface area contributed by atoms with E-state index in [4.69, 9.17) is 9.97 Å². The van der Waals surface area contributed by atoms with E-state index in [1.807, 2.05) is 71.4 Å². The number of nitrogens with zero attached hydrogens (tertiary/aromatic N) is 4. The molecular formula is C25H23N5O2S2. The van der Waals surface area contributed by atoms with Gasteiger partial charge in [0.1, 0.15) is 5.69 Å². The number of aryl methyl sites for hydroxylation is 1. The van der Waals surface area contributed by atoms with Crippen LogP contribution in [0.25, 0.3) is 27.6 Å². The first kappa shape index (κ1) is 22.2. The van der Waals surface area contributed by atoms with Crippen LogP contribution in [0.1, 0.15) is 12.0 Å². The first-order chi connectivity index (χ1) is 16.5. The van der Waals surface area contributed by atoms with Crippen LogP contribution in [-0.2, 0) is 9.84 Å². The average Bonchev–Trinajstić information content (AvgIpc) is 3.44. The lowest BCUT2D eigenvalue weighted by Gasteiger charge is -2.08. The van der Waals surface area contributed by atoms with E-state index in [9.17, 15) is 8.42 Å². The van der Waals surface area contributed by atoms with Crippen LogP contribution in [0.4, 0.5) is 5.95 Å². The summed E-state index contributed by atoms with van der Waals surface area (Å²) in [6.45, 7) is 2.38. The minimum Gasteiger partial charge on any atom is -0.354 e. The zero-order chi connectivity index (χ0) is 23.5. The summed E-state index contributed by atoms with van der Waals surface area (Å²) in [6.07, 6.45) is 4.13. The summed E-state index contributed by atoms with van der Waals surface area (Å²) >= 11 is 1.57. The lowest BCUT2D eigenvalue weighted by Crippen LogP contribution is -2.13. The number of sulfone groups is 1. The van der Waals surface area contributed by atoms with E-state index in [0.29, 0.717) is 23.8 Å². The molecule has 0 saturated heterocycles. The summed E-state index contributed by atoms with van der Waals surface area (Å²) in [6, 6.07) is 18.8. The molecule has 1 N–H and O–H groups in total. The van der Waals surface area contributed by atoms with Crippen molar-refractivity contribution in [2.24, 2.45) is 0 Å². The second kappa shape index (κ2) is 9.36. The summed E-state index contributed by atoms with van der Waals surface area (Å²) in [5, 5.41) is 5.16. The molecule has 3 aromatic heterocycles. The number of imidazole rings is 1. The molecule has 0 aliphatic carbocycles. The number of benzene rings is 2. The van der Waals surface area contributed by atoms with Crippen LogP contribution in [0.15, 0.2) is 83.3 Å². The van der Waals surface area contributed by atoms with Crippen molar-refractivity contribution in [2.45, 2.75) is 18.2 Å². The predicted octanol–water partition coefficient (Wildman–Crippen LogP) is 5.10. The van der Waals surface area contributed by atoms with Gasteiger partial charge >= 0.3 is 0 Å². The highest BCUT2D eigenvalue weighted by molar-refractivity contribution is 7.91. The quantitative estimate of drug-likeness (QED) is 0.305. The highest BCUT2D eigenvalue weighted by Gasteiger charge is 2.18. The van der Waals surface area contributed by atoms with Crippen LogP contribution in [0, 0.1) is 6.92 Å². The third-order valence-corrected chi connectivity index (χ3v) is 8.03. The summed E-state index contributed by atoms with van der Waals surface area (Å²) in [7, 11) is -3.32. The molecule has 0 saturated carbocycles. The second-order valence-electron chi connectivity index (χ2n) is 7.91. The van der Waals surface area contributed by atoms with Crippen molar-refractivity contribution in [1.29, 1.82) is 0 Å². The van der Waals surface area contributed by atoms with E-state index in [1.165, 1.54) is 0 Å². The van der Waals surface area contributed by atoms with Gasteiger partial charge in [0.05, 0.1) is 22.0 Å². The molecule has 0 spiro atoms. The van der Waals surface area contributed by atoms with Gasteiger partial charge in [0.2, 0.25) is 5.95 Å². The maximum absolute atomic E-state index is 12.6. The van der Waals surface area contributed by atoms with Crippen molar-refractivity contribution in [3.8, 4) is 22.6 Å². The fraction of sp³-hybridized carbons (Fsp3) is 0.160. The van der Waals surface area contributed by atoms with Crippen molar-refractivity contribution in [1.82, 2.24) is 19.4 Å². The van der Waals surface area contributed by atoms with Gasteiger partial charge in [0, 0.05) is 29.9 Å². The molecule has 34 heavy (non-hydrogen) atoms. The minimum absolute atomic E-state index is 0.0546. The summed E-state index contributed by atoms with van der Waals surface area (Å²) in [4.78, 5) is 15.1. The van der Waals surface area contributed by atoms with Crippen molar-refractivity contribution >= 4 is 32.1 Å². The number of aromatic nitrogens is 4. The number of rotatable bonds is 8. The van der Waals surface area contributed by atoms with E-state index in [1.54, 1.807) is 29.7 Å². The van der Waals surface area contributed by atoms with Gasteiger partial charge in [-0.05, 0) is 31.5 Å². The molecule has 9 heteroatoms. The summed E-state index contributed by atoms with van der Waals surface area (Å²) in [5.41, 5.74) is 4.56. The SMILES string of the molecule is Cc1ccc(S(=O)(=O)CCCNc2nccc(-c3c(-c4ccccc4)nc4sccn34)n2)cc1. The fourth-order valence-corrected chi connectivity index (χ4v) is 5.75. The van der Waals surface area contributed by atoms with Gasteiger partial charge in [0.25, 0.3) is 0 Å². The maximum Gasteiger partial charge on any atom is 0.223 e. The molecule has 2 aromatic carbocycles. The Morgan fingerprint density at radius 1 is 1.00 bits per heavy atom. The number of hydrogen-bond donors (Lipinski definition) is 1. The molecule has 0 amide bonds.